The zero-order valence-corrected chi connectivity index (χ0v) is 13.1. The van der Waals surface area contributed by atoms with Gasteiger partial charge in [0.1, 0.15) is 5.82 Å². The van der Waals surface area contributed by atoms with Gasteiger partial charge in [-0.25, -0.2) is 4.39 Å². The number of thiophene rings is 1. The molecular formula is C17H21FN2S. The van der Waals surface area contributed by atoms with E-state index in [1.165, 1.54) is 10.4 Å². The van der Waals surface area contributed by atoms with Gasteiger partial charge in [-0.3, -0.25) is 0 Å². The topological polar surface area (TPSA) is 29.3 Å². The van der Waals surface area contributed by atoms with Gasteiger partial charge in [0.05, 0.1) is 0 Å². The van der Waals surface area contributed by atoms with Crippen LogP contribution >= 0.6 is 11.3 Å². The SMILES string of the molecule is CCC(N)Cc1cc(F)ccc1N1CCc2sccc2C1. The Morgan fingerprint density at radius 3 is 3.05 bits per heavy atom. The number of halogens is 1. The Balaban J connectivity index is 1.88. The molecule has 0 bridgehead atoms. The summed E-state index contributed by atoms with van der Waals surface area (Å²) >= 11 is 1.84. The minimum Gasteiger partial charge on any atom is -0.367 e. The van der Waals surface area contributed by atoms with Gasteiger partial charge >= 0.3 is 0 Å². The Morgan fingerprint density at radius 2 is 2.24 bits per heavy atom. The molecule has 1 aliphatic rings. The first kappa shape index (κ1) is 14.5. The summed E-state index contributed by atoms with van der Waals surface area (Å²) in [7, 11) is 0. The van der Waals surface area contributed by atoms with Gasteiger partial charge in [0.25, 0.3) is 0 Å². The highest BCUT2D eigenvalue weighted by Gasteiger charge is 2.20. The first-order valence-electron chi connectivity index (χ1n) is 7.51. The second-order valence-corrected chi connectivity index (χ2v) is 6.69. The number of nitrogens with zero attached hydrogens (tertiary/aromatic N) is 1. The van der Waals surface area contributed by atoms with Crippen molar-refractivity contribution in [1.29, 1.82) is 0 Å². The number of fused-ring (bicyclic) bond motifs is 1. The molecule has 2 aromatic rings. The highest BCUT2D eigenvalue weighted by Crippen LogP contribution is 2.30. The molecule has 1 aromatic carbocycles. The molecule has 0 amide bonds. The van der Waals surface area contributed by atoms with Crippen LogP contribution in [0.25, 0.3) is 0 Å². The lowest BCUT2D eigenvalue weighted by Gasteiger charge is -2.31. The molecule has 2 N–H and O–H groups in total. The van der Waals surface area contributed by atoms with E-state index in [4.69, 9.17) is 5.73 Å². The molecule has 2 nitrogen and oxygen atoms in total. The van der Waals surface area contributed by atoms with Crippen LogP contribution in [0, 0.1) is 5.82 Å². The maximum Gasteiger partial charge on any atom is 0.123 e. The highest BCUT2D eigenvalue weighted by atomic mass is 32.1. The number of nitrogens with two attached hydrogens (primary N) is 1. The molecule has 1 aliphatic heterocycles. The van der Waals surface area contributed by atoms with E-state index in [9.17, 15) is 4.39 Å². The van der Waals surface area contributed by atoms with Gasteiger partial charge in [-0.15, -0.1) is 11.3 Å². The summed E-state index contributed by atoms with van der Waals surface area (Å²) in [5.74, 6) is -0.176. The van der Waals surface area contributed by atoms with E-state index in [1.54, 1.807) is 12.1 Å². The predicted octanol–water partition coefficient (Wildman–Crippen LogP) is 3.73. The lowest BCUT2D eigenvalue weighted by atomic mass is 10.0. The molecule has 0 saturated carbocycles. The van der Waals surface area contributed by atoms with Crippen LogP contribution in [-0.4, -0.2) is 12.6 Å². The van der Waals surface area contributed by atoms with Crippen molar-refractivity contribution in [3.05, 3.63) is 51.5 Å². The third-order valence-corrected chi connectivity index (χ3v) is 5.22. The van der Waals surface area contributed by atoms with Crippen LogP contribution in [0.4, 0.5) is 10.1 Å². The molecular weight excluding hydrogens is 283 g/mol. The molecule has 0 spiro atoms. The normalized spacial score (nSPS) is 15.9. The molecule has 21 heavy (non-hydrogen) atoms. The van der Waals surface area contributed by atoms with Gasteiger partial charge in [0.15, 0.2) is 0 Å². The van der Waals surface area contributed by atoms with E-state index in [-0.39, 0.29) is 11.9 Å². The van der Waals surface area contributed by atoms with Crippen molar-refractivity contribution in [3.8, 4) is 0 Å². The number of rotatable bonds is 4. The van der Waals surface area contributed by atoms with E-state index in [0.29, 0.717) is 0 Å². The summed E-state index contributed by atoms with van der Waals surface area (Å²) in [5.41, 5.74) is 9.65. The third-order valence-electron chi connectivity index (χ3n) is 4.20. The standard InChI is InChI=1S/C17H21FN2S/c1-2-15(19)10-13-9-14(18)3-4-16(13)20-7-5-17-12(11-20)6-8-21-17/h3-4,6,8-9,15H,2,5,7,10-11,19H2,1H3. The Labute approximate surface area is 129 Å². The van der Waals surface area contributed by atoms with Crippen molar-refractivity contribution >= 4 is 17.0 Å². The van der Waals surface area contributed by atoms with Gasteiger partial charge in [-0.05, 0) is 60.0 Å². The second-order valence-electron chi connectivity index (χ2n) is 5.69. The van der Waals surface area contributed by atoms with Crippen molar-refractivity contribution in [2.75, 3.05) is 11.4 Å². The zero-order valence-electron chi connectivity index (χ0n) is 12.3. The summed E-state index contributed by atoms with van der Waals surface area (Å²) in [5, 5.41) is 2.16. The third kappa shape index (κ3) is 3.11. The smallest absolute Gasteiger partial charge is 0.123 e. The predicted molar refractivity (Wildman–Crippen MR) is 87.4 cm³/mol. The summed E-state index contributed by atoms with van der Waals surface area (Å²) in [6.07, 6.45) is 2.71. The molecule has 1 atom stereocenters. The molecule has 1 aromatic heterocycles. The quantitative estimate of drug-likeness (QED) is 0.932. The van der Waals surface area contributed by atoms with Gasteiger partial charge < -0.3 is 10.6 Å². The Morgan fingerprint density at radius 1 is 1.38 bits per heavy atom. The molecule has 3 rings (SSSR count). The molecule has 0 aliphatic carbocycles. The molecule has 0 saturated heterocycles. The molecule has 4 heteroatoms. The fourth-order valence-electron chi connectivity index (χ4n) is 2.91. The van der Waals surface area contributed by atoms with Crippen LogP contribution in [-0.2, 0) is 19.4 Å². The largest absolute Gasteiger partial charge is 0.367 e. The number of anilines is 1. The Hall–Kier alpha value is -1.39. The fourth-order valence-corrected chi connectivity index (χ4v) is 3.80. The Bertz CT molecular complexity index is 623. The van der Waals surface area contributed by atoms with E-state index in [2.05, 4.69) is 23.3 Å². The number of benzene rings is 1. The highest BCUT2D eigenvalue weighted by molar-refractivity contribution is 7.10. The van der Waals surface area contributed by atoms with Gasteiger partial charge in [-0.2, -0.15) is 0 Å². The lowest BCUT2D eigenvalue weighted by Crippen LogP contribution is -2.31. The van der Waals surface area contributed by atoms with Crippen molar-refractivity contribution in [2.45, 2.75) is 38.8 Å². The minimum atomic E-state index is -0.176. The zero-order chi connectivity index (χ0) is 14.8. The number of hydrogen-bond donors (Lipinski definition) is 1. The second kappa shape index (κ2) is 6.16. The maximum atomic E-state index is 13.6. The monoisotopic (exact) mass is 304 g/mol. The van der Waals surface area contributed by atoms with E-state index in [0.717, 1.165) is 43.6 Å². The van der Waals surface area contributed by atoms with Crippen LogP contribution in [0.15, 0.2) is 29.6 Å². The van der Waals surface area contributed by atoms with Crippen LogP contribution in [0.1, 0.15) is 29.3 Å². The first-order valence-corrected chi connectivity index (χ1v) is 8.39. The Kier molecular flexibility index (Phi) is 4.27. The summed E-state index contributed by atoms with van der Waals surface area (Å²) in [4.78, 5) is 3.84. The van der Waals surface area contributed by atoms with Crippen molar-refractivity contribution < 1.29 is 4.39 Å². The van der Waals surface area contributed by atoms with Crippen molar-refractivity contribution in [2.24, 2.45) is 5.73 Å². The summed E-state index contributed by atoms with van der Waals surface area (Å²) < 4.78 is 13.6. The van der Waals surface area contributed by atoms with Crippen molar-refractivity contribution in [3.63, 3.8) is 0 Å². The van der Waals surface area contributed by atoms with E-state index >= 15 is 0 Å². The fraction of sp³-hybridized carbons (Fsp3) is 0.412. The van der Waals surface area contributed by atoms with Crippen LogP contribution in [0.5, 0.6) is 0 Å². The maximum absolute atomic E-state index is 13.6. The summed E-state index contributed by atoms with van der Waals surface area (Å²) in [6, 6.07) is 7.40. The van der Waals surface area contributed by atoms with E-state index < -0.39 is 0 Å². The average Bonchev–Trinajstić information content (AvgIpc) is 2.94. The van der Waals surface area contributed by atoms with E-state index in [1.807, 2.05) is 17.4 Å². The first-order chi connectivity index (χ1) is 10.2. The molecule has 112 valence electrons. The van der Waals surface area contributed by atoms with Crippen molar-refractivity contribution in [1.82, 2.24) is 0 Å². The van der Waals surface area contributed by atoms with Crippen LogP contribution in [0.3, 0.4) is 0 Å². The van der Waals surface area contributed by atoms with Gasteiger partial charge in [0.2, 0.25) is 0 Å². The van der Waals surface area contributed by atoms with Crippen LogP contribution < -0.4 is 10.6 Å². The molecule has 0 radical (unpaired) electrons. The molecule has 0 fully saturated rings. The molecule has 2 heterocycles. The van der Waals surface area contributed by atoms with Crippen LogP contribution in [0.2, 0.25) is 0 Å². The molecule has 1 unspecified atom stereocenters. The summed E-state index contributed by atoms with van der Waals surface area (Å²) in [6.45, 7) is 3.98. The number of hydrogen-bond acceptors (Lipinski definition) is 3. The van der Waals surface area contributed by atoms with Gasteiger partial charge in [0, 0.05) is 29.7 Å². The average molecular weight is 304 g/mol. The lowest BCUT2D eigenvalue weighted by molar-refractivity contribution is 0.611. The minimum absolute atomic E-state index is 0.0899. The van der Waals surface area contributed by atoms with Gasteiger partial charge in [-0.1, -0.05) is 6.92 Å².